The number of hydrogen-bond acceptors (Lipinski definition) is 4. The molecule has 50 heavy (non-hydrogen) atoms. The highest BCUT2D eigenvalue weighted by atomic mass is 15.2. The van der Waals surface area contributed by atoms with Crippen LogP contribution in [0.3, 0.4) is 0 Å². The fraction of sp³-hybridized carbons (Fsp3) is 0.0444. The van der Waals surface area contributed by atoms with Crippen LogP contribution in [0.25, 0.3) is 38.4 Å². The van der Waals surface area contributed by atoms with Crippen LogP contribution >= 0.6 is 0 Å². The predicted octanol–water partition coefficient (Wildman–Crippen LogP) is 10.6. The van der Waals surface area contributed by atoms with Gasteiger partial charge >= 0.3 is 0 Å². The lowest BCUT2D eigenvalue weighted by atomic mass is 9.69. The van der Waals surface area contributed by atoms with E-state index >= 15 is 0 Å². The number of para-hydroxylation sites is 2. The Kier molecular flexibility index (Phi) is 6.24. The summed E-state index contributed by atoms with van der Waals surface area (Å²) in [5, 5.41) is 12.6. The topological polar surface area (TPSA) is 46.3 Å². The van der Waals surface area contributed by atoms with Gasteiger partial charge < -0.3 is 4.90 Å². The van der Waals surface area contributed by atoms with E-state index < -0.39 is 5.41 Å². The summed E-state index contributed by atoms with van der Waals surface area (Å²) in [6.07, 6.45) is 1.91. The molecule has 5 heteroatoms. The molecule has 0 fully saturated rings. The van der Waals surface area contributed by atoms with E-state index in [0.717, 1.165) is 56.1 Å². The van der Waals surface area contributed by atoms with Crippen LogP contribution < -0.4 is 4.90 Å². The molecule has 0 atom stereocenters. The van der Waals surface area contributed by atoms with Gasteiger partial charge in [0, 0.05) is 34.0 Å². The summed E-state index contributed by atoms with van der Waals surface area (Å²) >= 11 is 0. The van der Waals surface area contributed by atoms with E-state index in [4.69, 9.17) is 4.98 Å². The predicted molar refractivity (Wildman–Crippen MR) is 203 cm³/mol. The van der Waals surface area contributed by atoms with Crippen LogP contribution in [0.15, 0.2) is 170 Å². The Bertz CT molecular complexity index is 2690. The Morgan fingerprint density at radius 3 is 1.98 bits per heavy atom. The molecule has 0 spiro atoms. The van der Waals surface area contributed by atoms with Gasteiger partial charge in [0.2, 0.25) is 0 Å². The van der Waals surface area contributed by atoms with Gasteiger partial charge in [-0.15, -0.1) is 10.2 Å². The second kappa shape index (κ2) is 11.0. The van der Waals surface area contributed by atoms with Crippen molar-refractivity contribution in [1.29, 1.82) is 0 Å². The van der Waals surface area contributed by atoms with E-state index in [-0.39, 0.29) is 0 Å². The Hall–Kier alpha value is -6.59. The molecule has 3 aromatic heterocycles. The van der Waals surface area contributed by atoms with E-state index in [9.17, 15) is 0 Å². The van der Waals surface area contributed by atoms with Gasteiger partial charge in [-0.05, 0) is 94.7 Å². The van der Waals surface area contributed by atoms with Crippen molar-refractivity contribution in [3.8, 4) is 11.1 Å². The van der Waals surface area contributed by atoms with E-state index in [2.05, 4.69) is 177 Å². The number of anilines is 3. The smallest absolute Gasteiger partial charge is 0.169 e. The number of aromatic nitrogens is 4. The van der Waals surface area contributed by atoms with Crippen molar-refractivity contribution >= 4 is 44.4 Å². The van der Waals surface area contributed by atoms with E-state index in [1.54, 1.807) is 0 Å². The molecule has 236 valence electrons. The first kappa shape index (κ1) is 28.4. The SMILES string of the molecule is Cc1nnc2c3cc(N(c4ccccc4)c4cccc(C5(c6ccccn6)c6ccccc6-c6ccccc65)c4)ccc3c3ccccc3n12. The van der Waals surface area contributed by atoms with Crippen LogP contribution in [-0.2, 0) is 5.41 Å². The van der Waals surface area contributed by atoms with Crippen LogP contribution in [0, 0.1) is 6.92 Å². The molecule has 3 heterocycles. The molecule has 0 N–H and O–H groups in total. The first-order valence-electron chi connectivity index (χ1n) is 17.0. The van der Waals surface area contributed by atoms with Crippen molar-refractivity contribution in [2.75, 3.05) is 4.90 Å². The first-order chi connectivity index (χ1) is 24.7. The Morgan fingerprint density at radius 1 is 0.520 bits per heavy atom. The van der Waals surface area contributed by atoms with E-state index in [1.807, 2.05) is 19.2 Å². The maximum Gasteiger partial charge on any atom is 0.169 e. The molecule has 1 aliphatic rings. The Morgan fingerprint density at radius 2 is 1.20 bits per heavy atom. The molecule has 0 amide bonds. The molecule has 1 aliphatic carbocycles. The fourth-order valence-electron chi connectivity index (χ4n) is 8.27. The highest BCUT2D eigenvalue weighted by Crippen LogP contribution is 2.56. The molecule has 0 saturated heterocycles. The number of fused-ring (bicyclic) bond motifs is 9. The minimum atomic E-state index is -0.597. The third-order valence-corrected chi connectivity index (χ3v) is 10.3. The van der Waals surface area contributed by atoms with Crippen LogP contribution in [0.1, 0.15) is 28.2 Å². The number of hydrogen-bond donors (Lipinski definition) is 0. The molecule has 0 bridgehead atoms. The summed E-state index contributed by atoms with van der Waals surface area (Å²) in [4.78, 5) is 7.40. The summed E-state index contributed by atoms with van der Waals surface area (Å²) in [5.41, 5.74) is 11.7. The van der Waals surface area contributed by atoms with Crippen LogP contribution in [0.4, 0.5) is 17.1 Å². The van der Waals surface area contributed by atoms with Gasteiger partial charge in [-0.1, -0.05) is 109 Å². The third-order valence-electron chi connectivity index (χ3n) is 10.3. The molecule has 5 nitrogen and oxygen atoms in total. The van der Waals surface area contributed by atoms with Gasteiger partial charge in [-0.25, -0.2) is 0 Å². The van der Waals surface area contributed by atoms with Gasteiger partial charge in [0.1, 0.15) is 5.82 Å². The lowest BCUT2D eigenvalue weighted by Crippen LogP contribution is -2.30. The molecule has 0 aliphatic heterocycles. The minimum Gasteiger partial charge on any atom is -0.310 e. The van der Waals surface area contributed by atoms with Crippen molar-refractivity contribution in [3.63, 3.8) is 0 Å². The zero-order valence-corrected chi connectivity index (χ0v) is 27.4. The molecule has 0 radical (unpaired) electrons. The average molecular weight is 642 g/mol. The molecule has 0 saturated carbocycles. The molecule has 9 aromatic rings. The van der Waals surface area contributed by atoms with Crippen molar-refractivity contribution in [2.45, 2.75) is 12.3 Å². The van der Waals surface area contributed by atoms with Crippen LogP contribution in [0.5, 0.6) is 0 Å². The summed E-state index contributed by atoms with van der Waals surface area (Å²) in [6.45, 7) is 2.01. The van der Waals surface area contributed by atoms with Gasteiger partial charge in [0.05, 0.1) is 16.6 Å². The highest BCUT2D eigenvalue weighted by Gasteiger charge is 2.47. The Labute approximate surface area is 289 Å². The summed E-state index contributed by atoms with van der Waals surface area (Å²) in [7, 11) is 0. The number of rotatable bonds is 5. The van der Waals surface area contributed by atoms with Gasteiger partial charge in [-0.2, -0.15) is 0 Å². The van der Waals surface area contributed by atoms with Crippen molar-refractivity contribution in [3.05, 3.63) is 198 Å². The normalized spacial score (nSPS) is 13.1. The van der Waals surface area contributed by atoms with Crippen molar-refractivity contribution in [1.82, 2.24) is 19.6 Å². The summed E-state index contributed by atoms with van der Waals surface area (Å²) in [6, 6.07) is 58.7. The van der Waals surface area contributed by atoms with E-state index in [0.29, 0.717) is 0 Å². The lowest BCUT2D eigenvalue weighted by Gasteiger charge is -2.34. The monoisotopic (exact) mass is 641 g/mol. The summed E-state index contributed by atoms with van der Waals surface area (Å²) < 4.78 is 2.17. The molecule has 0 unspecified atom stereocenters. The third kappa shape index (κ3) is 3.98. The fourth-order valence-corrected chi connectivity index (χ4v) is 8.27. The van der Waals surface area contributed by atoms with Gasteiger partial charge in [0.25, 0.3) is 0 Å². The lowest BCUT2D eigenvalue weighted by molar-refractivity contribution is 0.734. The molecular weight excluding hydrogens is 611 g/mol. The van der Waals surface area contributed by atoms with E-state index in [1.165, 1.54) is 27.6 Å². The molecule has 6 aromatic carbocycles. The van der Waals surface area contributed by atoms with Crippen molar-refractivity contribution < 1.29 is 0 Å². The standard InChI is InChI=1S/C45H31N5/c1-30-47-48-44-39-29-34(25-26-35(39)38-20-7-10-23-42(38)49(30)44)50(32-15-3-2-4-16-32)33-17-13-14-31(28-33)45(43-24-11-12-27-46-43)40-21-8-5-18-36(40)37-19-6-9-22-41(37)45/h2-29H,1H3. The largest absolute Gasteiger partial charge is 0.310 e. The van der Waals surface area contributed by atoms with Crippen LogP contribution in [-0.4, -0.2) is 19.6 Å². The molecular formula is C45H31N5. The first-order valence-corrected chi connectivity index (χ1v) is 17.0. The average Bonchev–Trinajstić information content (AvgIpc) is 3.72. The maximum absolute atomic E-state index is 5.06. The number of pyridine rings is 2. The minimum absolute atomic E-state index is 0.597. The van der Waals surface area contributed by atoms with Crippen LogP contribution in [0.2, 0.25) is 0 Å². The second-order valence-corrected chi connectivity index (χ2v) is 12.9. The maximum atomic E-state index is 5.06. The van der Waals surface area contributed by atoms with Gasteiger partial charge in [0.15, 0.2) is 5.65 Å². The highest BCUT2D eigenvalue weighted by molar-refractivity contribution is 6.12. The Balaban J connectivity index is 1.24. The van der Waals surface area contributed by atoms with Gasteiger partial charge in [-0.3, -0.25) is 9.38 Å². The summed E-state index contributed by atoms with van der Waals surface area (Å²) in [5.74, 6) is 0.869. The molecule has 10 rings (SSSR count). The van der Waals surface area contributed by atoms with Crippen molar-refractivity contribution in [2.24, 2.45) is 0 Å². The number of nitrogens with zero attached hydrogens (tertiary/aromatic N) is 5. The zero-order valence-electron chi connectivity index (χ0n) is 27.4. The second-order valence-electron chi connectivity index (χ2n) is 12.9. The number of aryl methyl sites for hydroxylation is 1. The zero-order chi connectivity index (χ0) is 33.2. The quantitative estimate of drug-likeness (QED) is 0.176. The number of benzene rings is 6.